The van der Waals surface area contributed by atoms with Crippen molar-refractivity contribution in [3.8, 4) is 11.8 Å². The van der Waals surface area contributed by atoms with Gasteiger partial charge in [0.2, 0.25) is 5.91 Å². The fourth-order valence-corrected chi connectivity index (χ4v) is 1.77. The lowest BCUT2D eigenvalue weighted by atomic mass is 10.3. The van der Waals surface area contributed by atoms with E-state index in [2.05, 4.69) is 20.6 Å². The molecule has 2 aromatic rings. The van der Waals surface area contributed by atoms with E-state index in [1.807, 2.05) is 6.92 Å². The number of aryl methyl sites for hydroxylation is 1. The summed E-state index contributed by atoms with van der Waals surface area (Å²) >= 11 is 0. The molecular weight excluding hydrogens is 332 g/mol. The molecule has 0 aliphatic rings. The van der Waals surface area contributed by atoms with E-state index >= 15 is 0 Å². The van der Waals surface area contributed by atoms with E-state index in [0.29, 0.717) is 30.6 Å². The van der Waals surface area contributed by atoms with Crippen molar-refractivity contribution in [3.63, 3.8) is 0 Å². The Balaban J connectivity index is 0.00000288. The Morgan fingerprint density at radius 1 is 1.21 bits per heavy atom. The summed E-state index contributed by atoms with van der Waals surface area (Å²) in [7, 11) is 1.62. The molecule has 8 heteroatoms. The maximum atomic E-state index is 11.7. The number of hydrogen-bond donors (Lipinski definition) is 2. The summed E-state index contributed by atoms with van der Waals surface area (Å²) in [4.78, 5) is 19.9. The summed E-state index contributed by atoms with van der Waals surface area (Å²) < 4.78 is 10.4. The summed E-state index contributed by atoms with van der Waals surface area (Å²) in [5.41, 5.74) is 1.53. The van der Waals surface area contributed by atoms with Crippen LogP contribution >= 0.6 is 12.4 Å². The highest BCUT2D eigenvalue weighted by molar-refractivity contribution is 5.92. The van der Waals surface area contributed by atoms with Crippen LogP contribution in [0.5, 0.6) is 11.8 Å². The molecule has 0 spiro atoms. The second-order valence-electron chi connectivity index (χ2n) is 4.82. The van der Waals surface area contributed by atoms with Gasteiger partial charge in [-0.05, 0) is 37.3 Å². The summed E-state index contributed by atoms with van der Waals surface area (Å²) in [6.07, 6.45) is 1.64. The van der Waals surface area contributed by atoms with Gasteiger partial charge < -0.3 is 20.1 Å². The number of ether oxygens (including phenoxy) is 2. The molecule has 2 N–H and O–H groups in total. The van der Waals surface area contributed by atoms with Crippen LogP contribution in [0.3, 0.4) is 0 Å². The minimum atomic E-state index is -0.114. The summed E-state index contributed by atoms with van der Waals surface area (Å²) in [5, 5.41) is 5.77. The molecule has 0 radical (unpaired) electrons. The smallest absolute Gasteiger partial charge is 0.322 e. The topological polar surface area (TPSA) is 85.4 Å². The number of amides is 1. The maximum Gasteiger partial charge on any atom is 0.322 e. The number of carbonyl (C=O) groups is 1. The molecule has 0 unspecified atom stereocenters. The van der Waals surface area contributed by atoms with Crippen LogP contribution in [-0.4, -0.2) is 42.7 Å². The van der Waals surface area contributed by atoms with Crippen molar-refractivity contribution in [1.29, 1.82) is 0 Å². The van der Waals surface area contributed by atoms with Crippen LogP contribution in [0.1, 0.15) is 5.69 Å². The van der Waals surface area contributed by atoms with Crippen LogP contribution in [0, 0.1) is 6.92 Å². The SMILES string of the molecule is COCCNCC(=O)Nc1ccc(Oc2nccc(C)n2)cc1.Cl. The molecule has 2 rings (SSSR count). The Bertz CT molecular complexity index is 637. The van der Waals surface area contributed by atoms with Crippen LogP contribution in [-0.2, 0) is 9.53 Å². The molecule has 24 heavy (non-hydrogen) atoms. The van der Waals surface area contributed by atoms with Crippen LogP contribution < -0.4 is 15.4 Å². The number of hydrogen-bond acceptors (Lipinski definition) is 6. The minimum absolute atomic E-state index is 0. The largest absolute Gasteiger partial charge is 0.424 e. The van der Waals surface area contributed by atoms with E-state index in [1.54, 1.807) is 43.6 Å². The van der Waals surface area contributed by atoms with Crippen molar-refractivity contribution in [3.05, 3.63) is 42.2 Å². The van der Waals surface area contributed by atoms with Crippen molar-refractivity contribution in [2.75, 3.05) is 32.1 Å². The molecule has 0 saturated heterocycles. The molecule has 1 aromatic heterocycles. The quantitative estimate of drug-likeness (QED) is 0.708. The Morgan fingerprint density at radius 3 is 2.62 bits per heavy atom. The van der Waals surface area contributed by atoms with Gasteiger partial charge in [-0.25, -0.2) is 9.97 Å². The van der Waals surface area contributed by atoms with Crippen LogP contribution in [0.2, 0.25) is 0 Å². The second kappa shape index (κ2) is 10.5. The standard InChI is InChI=1S/C16H20N4O3.ClH/c1-12-7-8-18-16(19-12)23-14-5-3-13(4-6-14)20-15(21)11-17-9-10-22-2;/h3-8,17H,9-11H2,1-2H3,(H,20,21);1H. The molecule has 0 aliphatic carbocycles. The molecule has 1 amide bonds. The predicted octanol–water partition coefficient (Wildman–Crippen LogP) is 2.17. The van der Waals surface area contributed by atoms with Crippen molar-refractivity contribution >= 4 is 24.0 Å². The lowest BCUT2D eigenvalue weighted by Gasteiger charge is -2.08. The highest BCUT2D eigenvalue weighted by Gasteiger charge is 2.04. The first kappa shape index (κ1) is 19.8. The summed E-state index contributed by atoms with van der Waals surface area (Å²) in [6, 6.07) is 9.12. The van der Waals surface area contributed by atoms with Gasteiger partial charge in [0.1, 0.15) is 5.75 Å². The van der Waals surface area contributed by atoms with Crippen molar-refractivity contribution < 1.29 is 14.3 Å². The maximum absolute atomic E-state index is 11.7. The average Bonchev–Trinajstić information content (AvgIpc) is 2.54. The zero-order chi connectivity index (χ0) is 16.5. The van der Waals surface area contributed by atoms with E-state index in [4.69, 9.17) is 9.47 Å². The van der Waals surface area contributed by atoms with Crippen LogP contribution in [0.4, 0.5) is 5.69 Å². The van der Waals surface area contributed by atoms with Gasteiger partial charge in [0.05, 0.1) is 13.2 Å². The summed E-state index contributed by atoms with van der Waals surface area (Å²) in [5.74, 6) is 0.489. The van der Waals surface area contributed by atoms with Crippen molar-refractivity contribution in [1.82, 2.24) is 15.3 Å². The number of benzene rings is 1. The Morgan fingerprint density at radius 2 is 1.96 bits per heavy atom. The number of aromatic nitrogens is 2. The first-order valence-electron chi connectivity index (χ1n) is 7.24. The van der Waals surface area contributed by atoms with E-state index in [1.165, 1.54) is 0 Å². The van der Waals surface area contributed by atoms with Crippen LogP contribution in [0.25, 0.3) is 0 Å². The highest BCUT2D eigenvalue weighted by atomic mass is 35.5. The Kier molecular flexibility index (Phi) is 8.70. The molecule has 1 aromatic carbocycles. The average molecular weight is 353 g/mol. The number of nitrogens with one attached hydrogen (secondary N) is 2. The number of nitrogens with zero attached hydrogens (tertiary/aromatic N) is 2. The predicted molar refractivity (Wildman–Crippen MR) is 93.9 cm³/mol. The van der Waals surface area contributed by atoms with Gasteiger partial charge in [-0.15, -0.1) is 12.4 Å². The third-order valence-electron chi connectivity index (χ3n) is 2.89. The van der Waals surface area contributed by atoms with Gasteiger partial charge in [0.15, 0.2) is 0 Å². The van der Waals surface area contributed by atoms with E-state index in [0.717, 1.165) is 5.69 Å². The van der Waals surface area contributed by atoms with Crippen molar-refractivity contribution in [2.45, 2.75) is 6.92 Å². The molecule has 0 aliphatic heterocycles. The number of methoxy groups -OCH3 is 1. The van der Waals surface area contributed by atoms with E-state index in [9.17, 15) is 4.79 Å². The van der Waals surface area contributed by atoms with E-state index < -0.39 is 0 Å². The van der Waals surface area contributed by atoms with Gasteiger partial charge in [0.25, 0.3) is 0 Å². The van der Waals surface area contributed by atoms with Gasteiger partial charge in [-0.2, -0.15) is 0 Å². The van der Waals surface area contributed by atoms with Crippen molar-refractivity contribution in [2.24, 2.45) is 0 Å². The van der Waals surface area contributed by atoms with Gasteiger partial charge in [-0.3, -0.25) is 4.79 Å². The fourth-order valence-electron chi connectivity index (χ4n) is 1.77. The van der Waals surface area contributed by atoms with Gasteiger partial charge in [0, 0.05) is 31.2 Å². The monoisotopic (exact) mass is 352 g/mol. The molecular formula is C16H21ClN4O3. The number of rotatable bonds is 8. The zero-order valence-corrected chi connectivity index (χ0v) is 14.4. The lowest BCUT2D eigenvalue weighted by Crippen LogP contribution is -2.30. The third-order valence-corrected chi connectivity index (χ3v) is 2.89. The molecule has 130 valence electrons. The molecule has 1 heterocycles. The Hall–Kier alpha value is -2.22. The first-order chi connectivity index (χ1) is 11.2. The fraction of sp³-hybridized carbons (Fsp3) is 0.312. The second-order valence-corrected chi connectivity index (χ2v) is 4.82. The minimum Gasteiger partial charge on any atom is -0.424 e. The van der Waals surface area contributed by atoms with Crippen LogP contribution in [0.15, 0.2) is 36.5 Å². The summed E-state index contributed by atoms with van der Waals surface area (Å²) in [6.45, 7) is 3.31. The lowest BCUT2D eigenvalue weighted by molar-refractivity contribution is -0.115. The molecule has 0 atom stereocenters. The first-order valence-corrected chi connectivity index (χ1v) is 7.24. The molecule has 7 nitrogen and oxygen atoms in total. The molecule has 0 fully saturated rings. The number of anilines is 1. The number of halogens is 1. The third kappa shape index (κ3) is 6.91. The molecule has 0 bridgehead atoms. The van der Waals surface area contributed by atoms with E-state index in [-0.39, 0.29) is 24.9 Å². The molecule has 0 saturated carbocycles. The van der Waals surface area contributed by atoms with Gasteiger partial charge in [-0.1, -0.05) is 0 Å². The van der Waals surface area contributed by atoms with Gasteiger partial charge >= 0.3 is 6.01 Å². The zero-order valence-electron chi connectivity index (χ0n) is 13.6. The number of carbonyl (C=O) groups excluding carboxylic acids is 1. The normalized spacial score (nSPS) is 9.92. The highest BCUT2D eigenvalue weighted by Crippen LogP contribution is 2.20. The Labute approximate surface area is 147 Å².